The molecular weight excluding hydrogens is 664 g/mol. The van der Waals surface area contributed by atoms with Crippen LogP contribution in [0.2, 0.25) is 0 Å². The van der Waals surface area contributed by atoms with Crippen molar-refractivity contribution in [2.24, 2.45) is 0 Å². The van der Waals surface area contributed by atoms with Crippen LogP contribution in [-0.4, -0.2) is 120 Å². The topological polar surface area (TPSA) is 211 Å². The third kappa shape index (κ3) is 4.17. The van der Waals surface area contributed by atoms with Gasteiger partial charge in [-0.1, -0.05) is 0 Å². The number of aromatic hydroxyl groups is 1. The van der Waals surface area contributed by atoms with Gasteiger partial charge in [-0.05, 0) is 32.4 Å². The molecule has 0 amide bonds. The Bertz CT molecular complexity index is 1800. The van der Waals surface area contributed by atoms with Crippen molar-refractivity contribution in [3.8, 4) is 17.2 Å². The van der Waals surface area contributed by atoms with E-state index in [4.69, 9.17) is 47.4 Å². The summed E-state index contributed by atoms with van der Waals surface area (Å²) in [6, 6.07) is 1.73. The minimum atomic E-state index is -2.13. The fourth-order valence-corrected chi connectivity index (χ4v) is 8.84. The summed E-state index contributed by atoms with van der Waals surface area (Å²) >= 11 is 0. The summed E-state index contributed by atoms with van der Waals surface area (Å²) in [7, 11) is 4.20. The van der Waals surface area contributed by atoms with E-state index in [1.165, 1.54) is 35.2 Å². The summed E-state index contributed by atoms with van der Waals surface area (Å²) in [5, 5.41) is 46.8. The van der Waals surface area contributed by atoms with Crippen molar-refractivity contribution in [1.82, 2.24) is 0 Å². The molecule has 1 aliphatic carbocycles. The number of aliphatic hydroxyl groups is 3. The second-order valence-corrected chi connectivity index (χ2v) is 14.1. The van der Waals surface area contributed by atoms with Gasteiger partial charge < -0.3 is 67.8 Å². The number of ether oxygens (including phenoxy) is 10. The van der Waals surface area contributed by atoms with Gasteiger partial charge in [-0.2, -0.15) is 0 Å². The maximum atomic E-state index is 13.7. The molecule has 0 aromatic heterocycles. The highest BCUT2D eigenvalue weighted by Gasteiger charge is 2.92. The predicted octanol–water partition coefficient (Wildman–Crippen LogP) is 1.32. The number of rotatable bonds is 7. The quantitative estimate of drug-likeness (QED) is 0.182. The van der Waals surface area contributed by atoms with E-state index < -0.39 is 89.5 Å². The highest BCUT2D eigenvalue weighted by molar-refractivity contribution is 6.13. The molecule has 7 unspecified atom stereocenters. The Morgan fingerprint density at radius 3 is 2.42 bits per heavy atom. The summed E-state index contributed by atoms with van der Waals surface area (Å²) in [6.07, 6.45) is -8.88. The van der Waals surface area contributed by atoms with Gasteiger partial charge in [-0.3, -0.25) is 9.59 Å². The smallest absolute Gasteiger partial charge is 0.303 e. The molecule has 0 radical (unpaired) electrons. The van der Waals surface area contributed by atoms with Gasteiger partial charge >= 0.3 is 5.97 Å². The molecule has 6 aliphatic rings. The molecule has 2 bridgehead atoms. The Balaban J connectivity index is 1.25. The van der Waals surface area contributed by atoms with Gasteiger partial charge in [0, 0.05) is 50.5 Å². The summed E-state index contributed by atoms with van der Waals surface area (Å²) in [5.74, 6) is -5.54. The van der Waals surface area contributed by atoms with Crippen LogP contribution < -0.4 is 9.47 Å². The molecule has 0 saturated carbocycles. The molecule has 4 saturated heterocycles. The van der Waals surface area contributed by atoms with E-state index in [-0.39, 0.29) is 47.5 Å². The number of phenols is 1. The number of hydrogen-bond acceptors (Lipinski definition) is 16. The van der Waals surface area contributed by atoms with E-state index >= 15 is 0 Å². The zero-order valence-electron chi connectivity index (χ0n) is 28.5. The molecule has 4 fully saturated rings. The summed E-state index contributed by atoms with van der Waals surface area (Å²) in [6.45, 7) is 6.14. The molecule has 16 heteroatoms. The van der Waals surface area contributed by atoms with Crippen molar-refractivity contribution in [3.05, 3.63) is 28.3 Å². The maximum absolute atomic E-state index is 13.7. The van der Waals surface area contributed by atoms with Crippen LogP contribution >= 0.6 is 0 Å². The van der Waals surface area contributed by atoms with Crippen LogP contribution in [0.5, 0.6) is 17.2 Å². The Hall–Kier alpha value is -3.16. The number of carbonyl (C=O) groups is 2. The summed E-state index contributed by atoms with van der Waals surface area (Å²) in [5.41, 5.74) is -2.13. The highest BCUT2D eigenvalue weighted by Crippen LogP contribution is 2.71. The molecule has 11 atom stereocenters. The zero-order valence-corrected chi connectivity index (χ0v) is 28.5. The SMILES string of the molecule is COc1c2c(c(O)c3c4c(c(C)cc13)C1OC3(C(OC)OC)OC1C(O)(O4)C31CO1)C(=O)C(O)CC2O[C@H]1C[C@@](C)(O)[C@H](OC(C)=O)[C@H](C)O1. The Morgan fingerprint density at radius 1 is 1.12 bits per heavy atom. The molecule has 1 spiro atoms. The third-order valence-corrected chi connectivity index (χ3v) is 11.0. The minimum absolute atomic E-state index is 0.0141. The van der Waals surface area contributed by atoms with Crippen molar-refractivity contribution in [2.45, 2.75) is 113 Å². The first-order valence-corrected chi connectivity index (χ1v) is 16.4. The van der Waals surface area contributed by atoms with Gasteiger partial charge in [0.25, 0.3) is 11.6 Å². The molecule has 2 aromatic rings. The van der Waals surface area contributed by atoms with E-state index in [0.29, 0.717) is 16.5 Å². The lowest BCUT2D eigenvalue weighted by Crippen LogP contribution is -2.69. The number of ketones is 1. The number of esters is 1. The van der Waals surface area contributed by atoms with Gasteiger partial charge in [0.05, 0.1) is 36.9 Å². The average molecular weight is 705 g/mol. The Kier molecular flexibility index (Phi) is 7.42. The standard InChI is InChI=1S/C34H40O16/c1-12-8-15-20(26-19(12)27-29-33(40,48-26)32(11-44-32)34(49-27,50-29)30(42-6)43-7)24(38)22-21(25(15)41-5)17(9-16(36)23(22)37)47-18-10-31(4,39)28(13(2)45-18)46-14(3)35/h8,13,16-18,27-30,36,38-40H,9-11H2,1-7H3/t13-,16?,17?,18-,27?,28+,29?,31+,32?,33?,34?/m0/s1. The van der Waals surface area contributed by atoms with Crippen LogP contribution in [0.4, 0.5) is 0 Å². The van der Waals surface area contributed by atoms with Crippen LogP contribution in [0.3, 0.4) is 0 Å². The van der Waals surface area contributed by atoms with E-state index in [0.717, 1.165) is 0 Å². The zero-order chi connectivity index (χ0) is 35.9. The first-order valence-electron chi connectivity index (χ1n) is 16.4. The van der Waals surface area contributed by atoms with Crippen molar-refractivity contribution in [1.29, 1.82) is 0 Å². The maximum Gasteiger partial charge on any atom is 0.303 e. The number of epoxide rings is 1. The van der Waals surface area contributed by atoms with Gasteiger partial charge in [0.2, 0.25) is 11.9 Å². The van der Waals surface area contributed by atoms with Crippen LogP contribution in [0.1, 0.15) is 72.9 Å². The van der Waals surface area contributed by atoms with Gasteiger partial charge in [0.1, 0.15) is 35.1 Å². The van der Waals surface area contributed by atoms with E-state index in [1.807, 2.05) is 0 Å². The molecule has 16 nitrogen and oxygen atoms in total. The molecule has 2 aromatic carbocycles. The lowest BCUT2D eigenvalue weighted by molar-refractivity contribution is -0.344. The van der Waals surface area contributed by atoms with Crippen molar-refractivity contribution in [2.75, 3.05) is 27.9 Å². The normalized spacial score (nSPS) is 40.9. The average Bonchev–Trinajstić information content (AvgIpc) is 3.72. The van der Waals surface area contributed by atoms with Crippen LogP contribution in [0, 0.1) is 6.92 Å². The molecular formula is C34H40O16. The minimum Gasteiger partial charge on any atom is -0.506 e. The number of benzene rings is 2. The molecule has 4 N–H and O–H groups in total. The van der Waals surface area contributed by atoms with Crippen molar-refractivity contribution >= 4 is 22.5 Å². The number of methoxy groups -OCH3 is 3. The predicted molar refractivity (Wildman–Crippen MR) is 164 cm³/mol. The third-order valence-electron chi connectivity index (χ3n) is 11.0. The highest BCUT2D eigenvalue weighted by atomic mass is 16.9. The molecule has 5 heterocycles. The number of aryl methyl sites for hydroxylation is 1. The number of fused-ring (bicyclic) bond motifs is 8. The van der Waals surface area contributed by atoms with E-state index in [2.05, 4.69) is 0 Å². The molecule has 8 rings (SSSR count). The lowest BCUT2D eigenvalue weighted by atomic mass is 9.77. The Labute approximate surface area is 285 Å². The number of phenolic OH excluding ortho intramolecular Hbond substituents is 1. The monoisotopic (exact) mass is 704 g/mol. The first kappa shape index (κ1) is 34.0. The van der Waals surface area contributed by atoms with Gasteiger partial charge in [-0.25, -0.2) is 0 Å². The van der Waals surface area contributed by atoms with Gasteiger partial charge in [0.15, 0.2) is 24.3 Å². The molecule has 50 heavy (non-hydrogen) atoms. The van der Waals surface area contributed by atoms with E-state index in [9.17, 15) is 30.0 Å². The summed E-state index contributed by atoms with van der Waals surface area (Å²) < 4.78 is 59.7. The molecule has 5 aliphatic heterocycles. The summed E-state index contributed by atoms with van der Waals surface area (Å²) in [4.78, 5) is 25.4. The fraction of sp³-hybridized carbons (Fsp3) is 0.647. The molecule has 272 valence electrons. The van der Waals surface area contributed by atoms with Crippen LogP contribution in [-0.2, 0) is 42.7 Å². The number of aliphatic hydroxyl groups excluding tert-OH is 1. The number of hydrogen-bond donors (Lipinski definition) is 4. The lowest BCUT2D eigenvalue weighted by Gasteiger charge is -2.47. The van der Waals surface area contributed by atoms with E-state index in [1.54, 1.807) is 19.9 Å². The largest absolute Gasteiger partial charge is 0.506 e. The van der Waals surface area contributed by atoms with Gasteiger partial charge in [-0.15, -0.1) is 0 Å². The second-order valence-electron chi connectivity index (χ2n) is 14.1. The number of Topliss-reactive ketones (excluding diaryl/α,β-unsaturated/α-hetero) is 1. The fourth-order valence-electron chi connectivity index (χ4n) is 8.84. The first-order chi connectivity index (χ1) is 23.6. The van der Waals surface area contributed by atoms with Crippen LogP contribution in [0.15, 0.2) is 6.07 Å². The van der Waals surface area contributed by atoms with Crippen molar-refractivity contribution in [3.63, 3.8) is 0 Å². The Morgan fingerprint density at radius 2 is 1.82 bits per heavy atom. The second kappa shape index (κ2) is 10.9. The number of carbonyl (C=O) groups excluding carboxylic acids is 2. The van der Waals surface area contributed by atoms with Crippen LogP contribution in [0.25, 0.3) is 10.8 Å². The van der Waals surface area contributed by atoms with Crippen molar-refractivity contribution < 1.29 is 77.4 Å².